The van der Waals surface area contributed by atoms with Crippen LogP contribution < -0.4 is 29.0 Å². The lowest BCUT2D eigenvalue weighted by molar-refractivity contribution is 0.354. The molecule has 2 heterocycles. The van der Waals surface area contributed by atoms with Gasteiger partial charge in [0.2, 0.25) is 4.96 Å². The molecule has 2 aromatic carbocycles. The Kier molecular flexibility index (Phi) is 6.27. The van der Waals surface area contributed by atoms with Gasteiger partial charge in [0.25, 0.3) is 5.56 Å². The molecule has 2 aromatic heterocycles. The third kappa shape index (κ3) is 4.24. The second kappa shape index (κ2) is 9.27. The molecule has 0 aliphatic heterocycles. The Labute approximate surface area is 188 Å². The summed E-state index contributed by atoms with van der Waals surface area (Å²) >= 11 is 1.31. The number of nitrogens with zero attached hydrogens (tertiary/aromatic N) is 3. The summed E-state index contributed by atoms with van der Waals surface area (Å²) in [6, 6.07) is 11.3. The third-order valence-electron chi connectivity index (χ3n) is 5.02. The van der Waals surface area contributed by atoms with Crippen molar-refractivity contribution in [3.8, 4) is 23.0 Å². The molecule has 4 rings (SSSR count). The number of aromatic nitrogens is 3. The molecule has 0 spiro atoms. The molecule has 32 heavy (non-hydrogen) atoms. The summed E-state index contributed by atoms with van der Waals surface area (Å²) in [5.74, 6) is 3.23. The van der Waals surface area contributed by atoms with Crippen molar-refractivity contribution in [2.24, 2.45) is 0 Å². The highest BCUT2D eigenvalue weighted by molar-refractivity contribution is 7.15. The van der Waals surface area contributed by atoms with Gasteiger partial charge in [-0.1, -0.05) is 23.5 Å². The van der Waals surface area contributed by atoms with Gasteiger partial charge in [0.1, 0.15) is 0 Å². The number of rotatable bonds is 8. The van der Waals surface area contributed by atoms with Crippen molar-refractivity contribution in [2.45, 2.75) is 12.8 Å². The lowest BCUT2D eigenvalue weighted by Crippen LogP contribution is -2.23. The molecule has 9 heteroatoms. The molecule has 0 bridgehead atoms. The Bertz CT molecular complexity index is 1360. The normalized spacial score (nSPS) is 11.7. The molecule has 0 saturated heterocycles. The molecule has 0 atom stereocenters. The number of fused-ring (bicyclic) bond motifs is 1. The maximum atomic E-state index is 12.8. The van der Waals surface area contributed by atoms with E-state index in [1.54, 1.807) is 40.6 Å². The van der Waals surface area contributed by atoms with E-state index in [-0.39, 0.29) is 5.56 Å². The second-order valence-corrected chi connectivity index (χ2v) is 7.95. The van der Waals surface area contributed by atoms with Gasteiger partial charge < -0.3 is 18.9 Å². The average Bonchev–Trinajstić information content (AvgIpc) is 3.35. The van der Waals surface area contributed by atoms with Crippen LogP contribution in [0.2, 0.25) is 0 Å². The summed E-state index contributed by atoms with van der Waals surface area (Å²) < 4.78 is 23.1. The Morgan fingerprint density at radius 2 is 1.53 bits per heavy atom. The van der Waals surface area contributed by atoms with Crippen molar-refractivity contribution in [2.75, 3.05) is 28.4 Å². The lowest BCUT2D eigenvalue weighted by Gasteiger charge is -2.08. The molecule has 0 unspecified atom stereocenters. The highest BCUT2D eigenvalue weighted by atomic mass is 32.1. The molecule has 0 aliphatic rings. The quantitative estimate of drug-likeness (QED) is 0.405. The fourth-order valence-electron chi connectivity index (χ4n) is 3.37. The molecule has 0 fully saturated rings. The minimum absolute atomic E-state index is 0.190. The van der Waals surface area contributed by atoms with Gasteiger partial charge in [-0.2, -0.15) is 4.52 Å². The zero-order valence-electron chi connectivity index (χ0n) is 18.2. The maximum absolute atomic E-state index is 12.8. The van der Waals surface area contributed by atoms with Crippen LogP contribution in [0.1, 0.15) is 17.0 Å². The van der Waals surface area contributed by atoms with Crippen LogP contribution in [0.15, 0.2) is 41.2 Å². The lowest BCUT2D eigenvalue weighted by atomic mass is 10.1. The number of aryl methyl sites for hydroxylation is 2. The summed E-state index contributed by atoms with van der Waals surface area (Å²) in [7, 11) is 6.38. The number of ether oxygens (including phenoxy) is 4. The fraction of sp³-hybridized carbons (Fsp3) is 0.261. The first kappa shape index (κ1) is 21.6. The van der Waals surface area contributed by atoms with Crippen LogP contribution in [-0.4, -0.2) is 43.0 Å². The third-order valence-corrected chi connectivity index (χ3v) is 5.98. The topological polar surface area (TPSA) is 84.2 Å². The predicted octanol–water partition coefficient (Wildman–Crippen LogP) is 2.52. The smallest absolute Gasteiger partial charge is 0.291 e. The van der Waals surface area contributed by atoms with E-state index in [1.807, 2.05) is 30.3 Å². The van der Waals surface area contributed by atoms with Crippen LogP contribution in [0.25, 0.3) is 11.0 Å². The Balaban J connectivity index is 1.56. The largest absolute Gasteiger partial charge is 0.493 e. The van der Waals surface area contributed by atoms with Crippen molar-refractivity contribution in [1.82, 2.24) is 14.6 Å². The zero-order valence-corrected chi connectivity index (χ0v) is 19.1. The van der Waals surface area contributed by atoms with Crippen LogP contribution >= 0.6 is 11.3 Å². The van der Waals surface area contributed by atoms with Gasteiger partial charge in [-0.05, 0) is 47.9 Å². The van der Waals surface area contributed by atoms with Crippen molar-refractivity contribution < 1.29 is 18.9 Å². The minimum atomic E-state index is -0.190. The monoisotopic (exact) mass is 453 g/mol. The first-order chi connectivity index (χ1) is 15.6. The molecule has 0 radical (unpaired) electrons. The molecule has 0 aliphatic carbocycles. The first-order valence-electron chi connectivity index (χ1n) is 9.89. The van der Waals surface area contributed by atoms with E-state index in [0.717, 1.165) is 17.5 Å². The van der Waals surface area contributed by atoms with Crippen molar-refractivity contribution >= 4 is 22.4 Å². The molecule has 0 saturated carbocycles. The van der Waals surface area contributed by atoms with Crippen molar-refractivity contribution in [3.05, 3.63) is 68.2 Å². The molecule has 0 amide bonds. The van der Waals surface area contributed by atoms with E-state index in [2.05, 4.69) is 10.1 Å². The Morgan fingerprint density at radius 3 is 2.19 bits per heavy atom. The van der Waals surface area contributed by atoms with E-state index >= 15 is 0 Å². The van der Waals surface area contributed by atoms with Crippen molar-refractivity contribution in [1.29, 1.82) is 0 Å². The summed E-state index contributed by atoms with van der Waals surface area (Å²) in [5.41, 5.74) is 1.72. The van der Waals surface area contributed by atoms with E-state index in [0.29, 0.717) is 44.7 Å². The number of hydrogen-bond acceptors (Lipinski definition) is 8. The van der Waals surface area contributed by atoms with E-state index in [1.165, 1.54) is 15.9 Å². The van der Waals surface area contributed by atoms with Crippen LogP contribution in [0, 0.1) is 0 Å². The van der Waals surface area contributed by atoms with Crippen LogP contribution in [0.3, 0.4) is 0 Å². The summed E-state index contributed by atoms with van der Waals surface area (Å²) in [4.78, 5) is 17.9. The highest BCUT2D eigenvalue weighted by Gasteiger charge is 2.12. The summed E-state index contributed by atoms with van der Waals surface area (Å²) in [6.07, 6.45) is 3.13. The van der Waals surface area contributed by atoms with Gasteiger partial charge in [0, 0.05) is 6.42 Å². The molecule has 8 nitrogen and oxygen atoms in total. The van der Waals surface area contributed by atoms with E-state index in [9.17, 15) is 4.79 Å². The summed E-state index contributed by atoms with van der Waals surface area (Å²) in [5, 5.41) is 4.41. The van der Waals surface area contributed by atoms with Crippen LogP contribution in [0.5, 0.6) is 23.0 Å². The van der Waals surface area contributed by atoms with Gasteiger partial charge in [0.15, 0.2) is 28.8 Å². The van der Waals surface area contributed by atoms with E-state index < -0.39 is 0 Å². The SMILES string of the molecule is COc1ccc(/C=c2\sc3nc(CCc4ccc(OC)c(OC)c4)nn3c2=O)cc1OC. The van der Waals surface area contributed by atoms with Crippen LogP contribution in [-0.2, 0) is 12.8 Å². The highest BCUT2D eigenvalue weighted by Crippen LogP contribution is 2.28. The molecular weight excluding hydrogens is 430 g/mol. The molecule has 0 N–H and O–H groups in total. The number of benzene rings is 2. The molecule has 166 valence electrons. The average molecular weight is 454 g/mol. The van der Waals surface area contributed by atoms with Crippen LogP contribution in [0.4, 0.5) is 0 Å². The van der Waals surface area contributed by atoms with Gasteiger partial charge >= 0.3 is 0 Å². The minimum Gasteiger partial charge on any atom is -0.493 e. The van der Waals surface area contributed by atoms with Gasteiger partial charge in [-0.3, -0.25) is 4.79 Å². The van der Waals surface area contributed by atoms with Gasteiger partial charge in [-0.25, -0.2) is 4.98 Å². The Morgan fingerprint density at radius 1 is 0.875 bits per heavy atom. The molecular formula is C23H23N3O5S. The van der Waals surface area contributed by atoms with Gasteiger partial charge in [0.05, 0.1) is 33.0 Å². The standard InChI is InChI=1S/C23H23N3O5S/c1-28-16-8-5-14(11-18(16)30-3)7-10-21-24-23-26(25-21)22(27)20(32-23)13-15-6-9-17(29-2)19(12-15)31-4/h5-6,8-9,11-13H,7,10H2,1-4H3/b20-13-. The number of methoxy groups -OCH3 is 4. The maximum Gasteiger partial charge on any atom is 0.291 e. The zero-order chi connectivity index (χ0) is 22.7. The first-order valence-corrected chi connectivity index (χ1v) is 10.7. The number of thiazole rings is 1. The Hall–Kier alpha value is -3.59. The van der Waals surface area contributed by atoms with Gasteiger partial charge in [-0.15, -0.1) is 5.10 Å². The predicted molar refractivity (Wildman–Crippen MR) is 122 cm³/mol. The molecule has 4 aromatic rings. The van der Waals surface area contributed by atoms with E-state index in [4.69, 9.17) is 18.9 Å². The second-order valence-electron chi connectivity index (χ2n) is 6.94. The number of hydrogen-bond donors (Lipinski definition) is 0. The van der Waals surface area contributed by atoms with Crippen molar-refractivity contribution in [3.63, 3.8) is 0 Å². The fourth-order valence-corrected chi connectivity index (χ4v) is 4.29. The summed E-state index contributed by atoms with van der Waals surface area (Å²) in [6.45, 7) is 0.